The Morgan fingerprint density at radius 3 is 2.08 bits per heavy atom. The summed E-state index contributed by atoms with van der Waals surface area (Å²) in [5.41, 5.74) is 0.377. The van der Waals surface area contributed by atoms with Crippen molar-refractivity contribution in [2.24, 2.45) is 5.16 Å². The molecule has 0 heterocycles. The molecule has 0 atom stereocenters. The molecule has 0 unspecified atom stereocenters. The molecule has 1 saturated carbocycles. The molecule has 1 fully saturated rings. The Morgan fingerprint density at radius 2 is 1.46 bits per heavy atom. The predicted octanol–water partition coefficient (Wildman–Crippen LogP) is 2.52. The van der Waals surface area contributed by atoms with Crippen molar-refractivity contribution < 1.29 is 10.0 Å². The zero-order chi connectivity index (χ0) is 9.52. The lowest BCUT2D eigenvalue weighted by Crippen LogP contribution is -2.14. The van der Waals surface area contributed by atoms with Crippen molar-refractivity contribution in [3.63, 3.8) is 0 Å². The highest BCUT2D eigenvalue weighted by molar-refractivity contribution is 6.39. The highest BCUT2D eigenvalue weighted by Gasteiger charge is 2.12. The van der Waals surface area contributed by atoms with Gasteiger partial charge in [0.05, 0.1) is 0 Å². The van der Waals surface area contributed by atoms with Gasteiger partial charge in [0.25, 0.3) is 0 Å². The molecule has 0 aliphatic heterocycles. The molecule has 0 bridgehead atoms. The smallest absolute Gasteiger partial charge is 0.180 e. The second kappa shape index (κ2) is 5.73. The van der Waals surface area contributed by atoms with Crippen molar-refractivity contribution in [2.45, 2.75) is 51.4 Å². The van der Waals surface area contributed by atoms with Crippen LogP contribution in [0.3, 0.4) is 0 Å². The van der Waals surface area contributed by atoms with Crippen LogP contribution in [0.2, 0.25) is 0 Å². The standard InChI is InChI=1S/C10H17NO2/c12-10-8-6-4-2-1-3-5-7-9(10)11-13/h13H,1-8H2. The van der Waals surface area contributed by atoms with Gasteiger partial charge in [-0.05, 0) is 19.3 Å². The molecule has 1 rings (SSSR count). The summed E-state index contributed by atoms with van der Waals surface area (Å²) in [4.78, 5) is 11.4. The fourth-order valence-corrected chi connectivity index (χ4v) is 1.67. The second-order valence-corrected chi connectivity index (χ2v) is 3.59. The largest absolute Gasteiger partial charge is 0.411 e. The van der Waals surface area contributed by atoms with Crippen LogP contribution in [0.1, 0.15) is 51.4 Å². The van der Waals surface area contributed by atoms with Crippen molar-refractivity contribution in [1.82, 2.24) is 0 Å². The van der Waals surface area contributed by atoms with Crippen LogP contribution in [-0.2, 0) is 4.79 Å². The van der Waals surface area contributed by atoms with Crippen LogP contribution in [0.4, 0.5) is 0 Å². The zero-order valence-corrected chi connectivity index (χ0v) is 7.96. The van der Waals surface area contributed by atoms with Gasteiger partial charge in [-0.15, -0.1) is 0 Å². The van der Waals surface area contributed by atoms with E-state index >= 15 is 0 Å². The van der Waals surface area contributed by atoms with E-state index in [2.05, 4.69) is 5.16 Å². The van der Waals surface area contributed by atoms with Crippen molar-refractivity contribution in [2.75, 3.05) is 0 Å². The molecule has 13 heavy (non-hydrogen) atoms. The first-order valence-corrected chi connectivity index (χ1v) is 5.08. The lowest BCUT2D eigenvalue weighted by atomic mass is 9.99. The maximum atomic E-state index is 11.4. The van der Waals surface area contributed by atoms with Gasteiger partial charge < -0.3 is 5.21 Å². The van der Waals surface area contributed by atoms with E-state index in [4.69, 9.17) is 5.21 Å². The summed E-state index contributed by atoms with van der Waals surface area (Å²) in [5, 5.41) is 11.7. The number of Topliss-reactive ketones (excluding diaryl/α,β-unsaturated/α-hetero) is 1. The third-order valence-electron chi connectivity index (χ3n) is 2.51. The molecule has 0 amide bonds. The first-order valence-electron chi connectivity index (χ1n) is 5.08. The highest BCUT2D eigenvalue weighted by Crippen LogP contribution is 2.13. The summed E-state index contributed by atoms with van der Waals surface area (Å²) >= 11 is 0. The third kappa shape index (κ3) is 3.57. The topological polar surface area (TPSA) is 49.7 Å². The quantitative estimate of drug-likeness (QED) is 0.463. The summed E-state index contributed by atoms with van der Waals surface area (Å²) in [6, 6.07) is 0. The molecular weight excluding hydrogens is 166 g/mol. The highest BCUT2D eigenvalue weighted by atomic mass is 16.4. The molecular formula is C10H17NO2. The van der Waals surface area contributed by atoms with E-state index in [0.29, 0.717) is 18.6 Å². The summed E-state index contributed by atoms with van der Waals surface area (Å²) < 4.78 is 0. The average Bonchev–Trinajstić information content (AvgIpc) is 2.16. The van der Waals surface area contributed by atoms with Gasteiger partial charge in [-0.25, -0.2) is 0 Å². The number of hydrogen-bond acceptors (Lipinski definition) is 3. The minimum absolute atomic E-state index is 0.0319. The average molecular weight is 183 g/mol. The van der Waals surface area contributed by atoms with E-state index in [9.17, 15) is 4.79 Å². The Bertz CT molecular complexity index is 199. The van der Waals surface area contributed by atoms with Crippen molar-refractivity contribution >= 4 is 11.5 Å². The molecule has 1 aliphatic rings. The number of ketones is 1. The van der Waals surface area contributed by atoms with Gasteiger partial charge in [0.1, 0.15) is 5.71 Å². The van der Waals surface area contributed by atoms with E-state index in [0.717, 1.165) is 25.7 Å². The minimum Gasteiger partial charge on any atom is -0.411 e. The van der Waals surface area contributed by atoms with Crippen LogP contribution < -0.4 is 0 Å². The van der Waals surface area contributed by atoms with Gasteiger partial charge in [0, 0.05) is 6.42 Å². The number of oxime groups is 1. The molecule has 74 valence electrons. The first kappa shape index (κ1) is 10.2. The molecule has 0 aromatic heterocycles. The normalized spacial score (nSPS) is 24.6. The summed E-state index contributed by atoms with van der Waals surface area (Å²) in [7, 11) is 0. The number of carbonyl (C=O) groups excluding carboxylic acids is 1. The fraction of sp³-hybridized carbons (Fsp3) is 0.800. The molecule has 0 spiro atoms. The van der Waals surface area contributed by atoms with Crippen LogP contribution in [0, 0.1) is 0 Å². The third-order valence-corrected chi connectivity index (χ3v) is 2.51. The minimum atomic E-state index is 0.0319. The van der Waals surface area contributed by atoms with Crippen LogP contribution in [-0.4, -0.2) is 16.7 Å². The number of nitrogens with zero attached hydrogens (tertiary/aromatic N) is 1. The summed E-state index contributed by atoms with van der Waals surface area (Å²) in [5.74, 6) is 0.0319. The second-order valence-electron chi connectivity index (χ2n) is 3.59. The molecule has 0 aromatic rings. The molecule has 3 nitrogen and oxygen atoms in total. The summed E-state index contributed by atoms with van der Waals surface area (Å²) in [6.07, 6.45) is 7.88. The zero-order valence-electron chi connectivity index (χ0n) is 7.96. The van der Waals surface area contributed by atoms with Crippen LogP contribution in [0.15, 0.2) is 5.16 Å². The molecule has 0 radical (unpaired) electrons. The van der Waals surface area contributed by atoms with Gasteiger partial charge >= 0.3 is 0 Å². The lowest BCUT2D eigenvalue weighted by molar-refractivity contribution is -0.113. The van der Waals surface area contributed by atoms with Crippen LogP contribution in [0.25, 0.3) is 0 Å². The van der Waals surface area contributed by atoms with Gasteiger partial charge in [-0.1, -0.05) is 30.8 Å². The molecule has 3 heteroatoms. The SMILES string of the molecule is O=C1CCCCCCCCC1=NO. The Morgan fingerprint density at radius 1 is 0.923 bits per heavy atom. The van der Waals surface area contributed by atoms with Crippen molar-refractivity contribution in [1.29, 1.82) is 0 Å². The van der Waals surface area contributed by atoms with Crippen LogP contribution in [0.5, 0.6) is 0 Å². The van der Waals surface area contributed by atoms with Gasteiger partial charge in [0.15, 0.2) is 5.78 Å². The number of carbonyl (C=O) groups is 1. The van der Waals surface area contributed by atoms with Gasteiger partial charge in [-0.2, -0.15) is 0 Å². The van der Waals surface area contributed by atoms with Crippen LogP contribution >= 0.6 is 0 Å². The van der Waals surface area contributed by atoms with Crippen molar-refractivity contribution in [3.8, 4) is 0 Å². The van der Waals surface area contributed by atoms with Crippen molar-refractivity contribution in [3.05, 3.63) is 0 Å². The number of hydrogen-bond donors (Lipinski definition) is 1. The molecule has 0 aromatic carbocycles. The monoisotopic (exact) mass is 183 g/mol. The Labute approximate surface area is 78.8 Å². The van der Waals surface area contributed by atoms with Gasteiger partial charge in [0.2, 0.25) is 0 Å². The van der Waals surface area contributed by atoms with Gasteiger partial charge in [-0.3, -0.25) is 4.79 Å². The predicted molar refractivity (Wildman–Crippen MR) is 51.2 cm³/mol. The van der Waals surface area contributed by atoms with E-state index in [-0.39, 0.29) is 5.78 Å². The van der Waals surface area contributed by atoms with E-state index in [1.165, 1.54) is 12.8 Å². The molecule has 1 aliphatic carbocycles. The summed E-state index contributed by atoms with van der Waals surface area (Å²) in [6.45, 7) is 0. The van der Waals surface area contributed by atoms with E-state index in [1.807, 2.05) is 0 Å². The molecule has 0 saturated heterocycles. The Balaban J connectivity index is 2.47. The Hall–Kier alpha value is -0.860. The van der Waals surface area contributed by atoms with E-state index in [1.54, 1.807) is 0 Å². The molecule has 1 N–H and O–H groups in total. The lowest BCUT2D eigenvalue weighted by Gasteiger charge is -2.07. The first-order chi connectivity index (χ1) is 6.34. The maximum Gasteiger partial charge on any atom is 0.180 e. The van der Waals surface area contributed by atoms with E-state index < -0.39 is 0 Å². The fourth-order valence-electron chi connectivity index (χ4n) is 1.67. The number of rotatable bonds is 0. The maximum absolute atomic E-state index is 11.4. The Kier molecular flexibility index (Phi) is 4.50.